The Labute approximate surface area is 246 Å². The number of alkyl halides is 1. The van der Waals surface area contributed by atoms with Gasteiger partial charge in [-0.05, 0) is 75.5 Å². The zero-order valence-corrected chi connectivity index (χ0v) is 26.6. The summed E-state index contributed by atoms with van der Waals surface area (Å²) >= 11 is 3.47. The van der Waals surface area contributed by atoms with Crippen molar-refractivity contribution in [2.24, 2.45) is 46.3 Å². The molecule has 0 saturated heterocycles. The first-order valence-electron chi connectivity index (χ1n) is 15.0. The molecule has 4 rings (SSSR count). The van der Waals surface area contributed by atoms with E-state index >= 15 is 0 Å². The number of esters is 3. The topological polar surface area (TPSA) is 116 Å². The highest BCUT2D eigenvalue weighted by atomic mass is 79.9. The number of Topliss-reactive ketones (excluding diaryl/α,β-unsaturated/α-hetero) is 1. The van der Waals surface area contributed by atoms with Crippen LogP contribution in [0.4, 0.5) is 0 Å². The van der Waals surface area contributed by atoms with Crippen molar-refractivity contribution in [3.63, 3.8) is 0 Å². The molecule has 0 aromatic carbocycles. The van der Waals surface area contributed by atoms with Gasteiger partial charge in [0.15, 0.2) is 0 Å². The summed E-state index contributed by atoms with van der Waals surface area (Å²) in [6.07, 6.45) is 2.39. The fraction of sp³-hybridized carbons (Fsp3) is 0.871. The van der Waals surface area contributed by atoms with Crippen LogP contribution in [0.1, 0.15) is 93.4 Å². The normalized spacial score (nSPS) is 43.2. The first-order valence-corrected chi connectivity index (χ1v) is 15.9. The average molecular weight is 628 g/mol. The molecule has 2 unspecified atom stereocenters. The van der Waals surface area contributed by atoms with Crippen molar-refractivity contribution >= 4 is 39.6 Å². The summed E-state index contributed by atoms with van der Waals surface area (Å²) in [5, 5.41) is 11.6. The van der Waals surface area contributed by atoms with Crippen molar-refractivity contribution in [1.29, 1.82) is 0 Å². The minimum absolute atomic E-state index is 0.0297. The van der Waals surface area contributed by atoms with Gasteiger partial charge in [-0.3, -0.25) is 19.2 Å². The first kappa shape index (κ1) is 31.5. The summed E-state index contributed by atoms with van der Waals surface area (Å²) in [5.74, 6) is -0.716. The van der Waals surface area contributed by atoms with Crippen molar-refractivity contribution in [2.45, 2.75) is 123 Å². The molecular weight excluding hydrogens is 580 g/mol. The number of hydrogen-bond donors (Lipinski definition) is 1. The Balaban J connectivity index is 1.72. The number of fused-ring (bicyclic) bond motifs is 5. The van der Waals surface area contributed by atoms with Crippen molar-refractivity contribution in [2.75, 3.05) is 0 Å². The quantitative estimate of drug-likeness (QED) is 0.238. The van der Waals surface area contributed by atoms with Gasteiger partial charge >= 0.3 is 17.9 Å². The molecule has 226 valence electrons. The van der Waals surface area contributed by atoms with E-state index in [2.05, 4.69) is 36.7 Å². The number of aliphatic hydroxyl groups excluding tert-OH is 1. The maximum atomic E-state index is 12.8. The predicted octanol–water partition coefficient (Wildman–Crippen LogP) is 5.01. The minimum atomic E-state index is -0.894. The lowest BCUT2D eigenvalue weighted by Gasteiger charge is -2.64. The molecule has 0 aliphatic heterocycles. The standard InChI is InChI=1S/C31H47BrO8/c1-15(2)38-26(36)11-8-16(3)20-9-10-21-27-22(14-25(31(20,21)7)40-18(5)34)30(6)19(13-24(27)39-17(4)33)12-23(35)28(32)29(30)37/h15-16,19-22,24-25,27-29,37H,8-14H2,1-7H3/t16-,19+,20-,21+,22?,24-,25+,27?,28+,29-,30+,31-/m1/s1. The molecule has 0 heterocycles. The number of ketones is 1. The van der Waals surface area contributed by atoms with E-state index in [1.807, 2.05) is 13.8 Å². The Kier molecular flexibility index (Phi) is 9.17. The van der Waals surface area contributed by atoms with Gasteiger partial charge in [-0.15, -0.1) is 0 Å². The Morgan fingerprint density at radius 1 is 1.00 bits per heavy atom. The number of ether oxygens (including phenoxy) is 3. The van der Waals surface area contributed by atoms with Crippen LogP contribution in [0.25, 0.3) is 0 Å². The van der Waals surface area contributed by atoms with E-state index < -0.39 is 16.3 Å². The first-order chi connectivity index (χ1) is 18.6. The van der Waals surface area contributed by atoms with Crippen molar-refractivity contribution in [3.8, 4) is 0 Å². The van der Waals surface area contributed by atoms with Crippen LogP contribution in [0.15, 0.2) is 0 Å². The van der Waals surface area contributed by atoms with Crippen LogP contribution in [-0.4, -0.2) is 58.0 Å². The molecule has 4 fully saturated rings. The lowest BCUT2D eigenvalue weighted by molar-refractivity contribution is -0.233. The summed E-state index contributed by atoms with van der Waals surface area (Å²) in [5.41, 5.74) is -0.994. The van der Waals surface area contributed by atoms with Crippen LogP contribution in [0, 0.1) is 46.3 Å². The molecule has 0 aromatic rings. The maximum absolute atomic E-state index is 12.8. The second-order valence-electron chi connectivity index (χ2n) is 13.7. The van der Waals surface area contributed by atoms with Crippen LogP contribution in [-0.2, 0) is 33.4 Å². The fourth-order valence-electron chi connectivity index (χ4n) is 9.54. The van der Waals surface area contributed by atoms with Crippen LogP contribution >= 0.6 is 15.9 Å². The highest BCUT2D eigenvalue weighted by molar-refractivity contribution is 9.10. The molecule has 1 N–H and O–H groups in total. The van der Waals surface area contributed by atoms with E-state index in [4.69, 9.17) is 14.2 Å². The molecule has 0 amide bonds. The minimum Gasteiger partial charge on any atom is -0.463 e. The number of hydrogen-bond acceptors (Lipinski definition) is 8. The van der Waals surface area contributed by atoms with Gasteiger partial charge in [0.05, 0.1) is 17.0 Å². The van der Waals surface area contributed by atoms with Crippen LogP contribution < -0.4 is 0 Å². The van der Waals surface area contributed by atoms with E-state index in [0.717, 1.165) is 12.8 Å². The summed E-state index contributed by atoms with van der Waals surface area (Å²) < 4.78 is 17.5. The molecule has 0 aromatic heterocycles. The lowest BCUT2D eigenvalue weighted by atomic mass is 9.42. The predicted molar refractivity (Wildman–Crippen MR) is 151 cm³/mol. The fourth-order valence-corrected chi connectivity index (χ4v) is 10.3. The van der Waals surface area contributed by atoms with Crippen molar-refractivity contribution in [3.05, 3.63) is 0 Å². The van der Waals surface area contributed by atoms with E-state index in [0.29, 0.717) is 32.1 Å². The Bertz CT molecular complexity index is 1010. The molecule has 4 aliphatic rings. The van der Waals surface area contributed by atoms with E-state index in [9.17, 15) is 24.3 Å². The van der Waals surface area contributed by atoms with Crippen LogP contribution in [0.2, 0.25) is 0 Å². The van der Waals surface area contributed by atoms with Crippen LogP contribution in [0.5, 0.6) is 0 Å². The molecule has 12 atom stereocenters. The Morgan fingerprint density at radius 3 is 2.25 bits per heavy atom. The van der Waals surface area contributed by atoms with Crippen LogP contribution in [0.3, 0.4) is 0 Å². The molecule has 4 aliphatic carbocycles. The number of aliphatic hydroxyl groups is 1. The highest BCUT2D eigenvalue weighted by Crippen LogP contribution is 2.69. The number of carbonyl (C=O) groups excluding carboxylic acids is 4. The number of rotatable bonds is 7. The van der Waals surface area contributed by atoms with Gasteiger partial charge in [0.1, 0.15) is 18.0 Å². The summed E-state index contributed by atoms with van der Waals surface area (Å²) in [6.45, 7) is 13.0. The van der Waals surface area contributed by atoms with Gasteiger partial charge < -0.3 is 19.3 Å². The highest BCUT2D eigenvalue weighted by Gasteiger charge is 2.69. The van der Waals surface area contributed by atoms with E-state index in [1.165, 1.54) is 13.8 Å². The summed E-state index contributed by atoms with van der Waals surface area (Å²) in [6, 6.07) is 0. The van der Waals surface area contributed by atoms with Gasteiger partial charge in [-0.2, -0.15) is 0 Å². The maximum Gasteiger partial charge on any atom is 0.306 e. The molecular formula is C31H47BrO8. The lowest BCUT2D eigenvalue weighted by Crippen LogP contribution is -2.67. The van der Waals surface area contributed by atoms with E-state index in [1.54, 1.807) is 0 Å². The summed E-state index contributed by atoms with van der Waals surface area (Å²) in [7, 11) is 0. The zero-order valence-electron chi connectivity index (χ0n) is 25.0. The number of carbonyl (C=O) groups is 4. The van der Waals surface area contributed by atoms with Gasteiger partial charge in [0.25, 0.3) is 0 Å². The third-order valence-electron chi connectivity index (χ3n) is 11.3. The van der Waals surface area contributed by atoms with Crippen molar-refractivity contribution in [1.82, 2.24) is 0 Å². The monoisotopic (exact) mass is 626 g/mol. The van der Waals surface area contributed by atoms with E-state index in [-0.39, 0.29) is 82.9 Å². The Morgan fingerprint density at radius 2 is 1.65 bits per heavy atom. The van der Waals surface area contributed by atoms with Crippen molar-refractivity contribution < 1.29 is 38.5 Å². The third kappa shape index (κ3) is 5.38. The summed E-state index contributed by atoms with van der Waals surface area (Å²) in [4.78, 5) is 49.3. The smallest absolute Gasteiger partial charge is 0.306 e. The SMILES string of the molecule is CC(=O)O[C@H]1CC2C([C@H](OC(C)=O)C[C@@H]3CC(=O)[C@H](Br)[C@@H](O)[C@]23C)[C@@H]2CC[C@H]([C@H](C)CCC(=O)OC(C)C)[C@@]12C. The Hall–Kier alpha value is -1.48. The van der Waals surface area contributed by atoms with Gasteiger partial charge in [0, 0.05) is 43.4 Å². The molecule has 0 bridgehead atoms. The molecule has 4 saturated carbocycles. The second kappa shape index (κ2) is 11.7. The molecule has 9 heteroatoms. The molecule has 8 nitrogen and oxygen atoms in total. The molecule has 0 spiro atoms. The average Bonchev–Trinajstić information content (AvgIpc) is 3.20. The second-order valence-corrected chi connectivity index (χ2v) is 14.7. The third-order valence-corrected chi connectivity index (χ3v) is 12.3. The molecule has 0 radical (unpaired) electrons. The van der Waals surface area contributed by atoms with Gasteiger partial charge in [-0.25, -0.2) is 0 Å². The van der Waals surface area contributed by atoms with Gasteiger partial charge in [-0.1, -0.05) is 36.7 Å². The zero-order chi connectivity index (χ0) is 29.7. The number of halogens is 1. The molecule has 40 heavy (non-hydrogen) atoms. The van der Waals surface area contributed by atoms with Gasteiger partial charge in [0.2, 0.25) is 0 Å². The largest absolute Gasteiger partial charge is 0.463 e.